The topological polar surface area (TPSA) is 94.7 Å². The van der Waals surface area contributed by atoms with E-state index in [4.69, 9.17) is 19.0 Å². The highest BCUT2D eigenvalue weighted by Gasteiger charge is 2.12. The van der Waals surface area contributed by atoms with Crippen molar-refractivity contribution in [2.24, 2.45) is 0 Å². The summed E-state index contributed by atoms with van der Waals surface area (Å²) in [7, 11) is 0. The van der Waals surface area contributed by atoms with Gasteiger partial charge in [0.25, 0.3) is 0 Å². The van der Waals surface area contributed by atoms with Gasteiger partial charge in [0.2, 0.25) is 11.8 Å². The first-order chi connectivity index (χ1) is 16.1. The number of rotatable bonds is 10. The molecule has 2 aromatic heterocycles. The van der Waals surface area contributed by atoms with Crippen LogP contribution in [0.4, 0.5) is 0 Å². The second-order valence-electron chi connectivity index (χ2n) is 7.46. The molecule has 0 atom stereocenters. The number of carboxylic acid groups (broad SMARTS) is 1. The number of pyridine rings is 1. The zero-order valence-electron chi connectivity index (χ0n) is 18.2. The highest BCUT2D eigenvalue weighted by Crippen LogP contribution is 2.22. The second-order valence-corrected chi connectivity index (χ2v) is 7.46. The van der Waals surface area contributed by atoms with Gasteiger partial charge in [-0.25, -0.2) is 9.97 Å². The number of aryl methyl sites for hydroxylation is 1. The maximum Gasteiger partial charge on any atom is 0.307 e. The van der Waals surface area contributed by atoms with Crippen molar-refractivity contribution in [3.63, 3.8) is 0 Å². The third-order valence-electron chi connectivity index (χ3n) is 5.01. The molecule has 0 aliphatic carbocycles. The van der Waals surface area contributed by atoms with Crippen molar-refractivity contribution in [3.05, 3.63) is 95.5 Å². The Morgan fingerprint density at radius 1 is 1.00 bits per heavy atom. The van der Waals surface area contributed by atoms with Crippen molar-refractivity contribution in [3.8, 4) is 23.1 Å². The van der Waals surface area contributed by atoms with Crippen LogP contribution in [0.25, 0.3) is 11.5 Å². The molecule has 0 spiro atoms. The lowest BCUT2D eigenvalue weighted by atomic mass is 10.1. The summed E-state index contributed by atoms with van der Waals surface area (Å²) in [4.78, 5) is 19.9. The van der Waals surface area contributed by atoms with Gasteiger partial charge in [-0.3, -0.25) is 4.79 Å². The molecule has 33 heavy (non-hydrogen) atoms. The van der Waals surface area contributed by atoms with Crippen molar-refractivity contribution in [2.45, 2.75) is 26.4 Å². The summed E-state index contributed by atoms with van der Waals surface area (Å²) in [6.07, 6.45) is 2.21. The van der Waals surface area contributed by atoms with Gasteiger partial charge in [-0.2, -0.15) is 0 Å². The maximum atomic E-state index is 11.0. The summed E-state index contributed by atoms with van der Waals surface area (Å²) in [5.74, 6) is 1.55. The quantitative estimate of drug-likeness (QED) is 0.373. The number of aliphatic carboxylic acids is 1. The summed E-state index contributed by atoms with van der Waals surface area (Å²) in [6, 6.07) is 20.6. The molecule has 0 aliphatic heterocycles. The van der Waals surface area contributed by atoms with Gasteiger partial charge in [-0.1, -0.05) is 36.4 Å². The Hall–Kier alpha value is -4.13. The molecule has 0 unspecified atom stereocenters. The van der Waals surface area contributed by atoms with E-state index in [1.165, 1.54) is 0 Å². The van der Waals surface area contributed by atoms with E-state index in [1.807, 2.05) is 49.4 Å². The average molecular weight is 444 g/mol. The van der Waals surface area contributed by atoms with Crippen LogP contribution < -0.4 is 9.47 Å². The van der Waals surface area contributed by atoms with Crippen molar-refractivity contribution >= 4 is 5.97 Å². The van der Waals surface area contributed by atoms with Gasteiger partial charge in [-0.05, 0) is 31.2 Å². The maximum absolute atomic E-state index is 11.0. The van der Waals surface area contributed by atoms with Crippen molar-refractivity contribution in [1.29, 1.82) is 0 Å². The molecule has 168 valence electrons. The van der Waals surface area contributed by atoms with Gasteiger partial charge >= 0.3 is 5.97 Å². The van der Waals surface area contributed by atoms with E-state index in [1.54, 1.807) is 30.5 Å². The number of oxazole rings is 1. The molecule has 7 heteroatoms. The van der Waals surface area contributed by atoms with Crippen LogP contribution in [0.1, 0.15) is 22.6 Å². The van der Waals surface area contributed by atoms with E-state index in [-0.39, 0.29) is 13.0 Å². The van der Waals surface area contributed by atoms with Crippen LogP contribution in [0, 0.1) is 6.92 Å². The normalized spacial score (nSPS) is 10.7. The van der Waals surface area contributed by atoms with Crippen LogP contribution >= 0.6 is 0 Å². The van der Waals surface area contributed by atoms with E-state index in [9.17, 15) is 4.79 Å². The average Bonchev–Trinajstić information content (AvgIpc) is 3.20. The molecular formula is C26H24N2O5. The Morgan fingerprint density at radius 3 is 2.55 bits per heavy atom. The summed E-state index contributed by atoms with van der Waals surface area (Å²) in [5, 5.41) is 9.03. The van der Waals surface area contributed by atoms with Crippen molar-refractivity contribution in [1.82, 2.24) is 9.97 Å². The Morgan fingerprint density at radius 2 is 1.79 bits per heavy atom. The fourth-order valence-corrected chi connectivity index (χ4v) is 3.31. The highest BCUT2D eigenvalue weighted by atomic mass is 16.5. The fraction of sp³-hybridized carbons (Fsp3) is 0.192. The van der Waals surface area contributed by atoms with Gasteiger partial charge in [0, 0.05) is 35.4 Å². The van der Waals surface area contributed by atoms with E-state index in [0.29, 0.717) is 36.1 Å². The first-order valence-electron chi connectivity index (χ1n) is 10.6. The molecule has 0 bridgehead atoms. The number of nitrogens with zero attached hydrogens (tertiary/aromatic N) is 2. The number of ether oxygens (including phenoxy) is 2. The number of hydrogen-bond acceptors (Lipinski definition) is 6. The van der Waals surface area contributed by atoms with Gasteiger partial charge in [0.1, 0.15) is 18.1 Å². The molecule has 0 aliphatic rings. The van der Waals surface area contributed by atoms with E-state index in [2.05, 4.69) is 9.97 Å². The molecule has 0 radical (unpaired) electrons. The van der Waals surface area contributed by atoms with Crippen LogP contribution in [-0.4, -0.2) is 27.7 Å². The Kier molecular flexibility index (Phi) is 6.99. The lowest BCUT2D eigenvalue weighted by Crippen LogP contribution is -2.05. The number of para-hydroxylation sites is 1. The number of carboxylic acids is 1. The lowest BCUT2D eigenvalue weighted by Gasteiger charge is -2.10. The fourth-order valence-electron chi connectivity index (χ4n) is 3.31. The Bertz CT molecular complexity index is 1200. The van der Waals surface area contributed by atoms with E-state index < -0.39 is 5.97 Å². The van der Waals surface area contributed by atoms with Crippen molar-refractivity contribution < 1.29 is 23.8 Å². The van der Waals surface area contributed by atoms with Crippen LogP contribution in [0.15, 0.2) is 77.3 Å². The molecule has 4 rings (SSSR count). The first-order valence-corrected chi connectivity index (χ1v) is 10.6. The molecule has 0 amide bonds. The summed E-state index contributed by atoms with van der Waals surface area (Å²) in [6.45, 7) is 2.60. The number of hydrogen-bond donors (Lipinski definition) is 1. The molecule has 0 saturated heterocycles. The summed E-state index contributed by atoms with van der Waals surface area (Å²) >= 11 is 0. The van der Waals surface area contributed by atoms with Crippen LogP contribution in [0.5, 0.6) is 11.6 Å². The third-order valence-corrected chi connectivity index (χ3v) is 5.01. The lowest BCUT2D eigenvalue weighted by molar-refractivity contribution is -0.136. The number of benzene rings is 2. The number of aromatic nitrogens is 2. The predicted molar refractivity (Wildman–Crippen MR) is 122 cm³/mol. The summed E-state index contributed by atoms with van der Waals surface area (Å²) in [5.41, 5.74) is 3.29. The zero-order chi connectivity index (χ0) is 23.0. The predicted octanol–water partition coefficient (Wildman–Crippen LogP) is 4.87. The van der Waals surface area contributed by atoms with Gasteiger partial charge < -0.3 is 19.0 Å². The highest BCUT2D eigenvalue weighted by molar-refractivity contribution is 5.71. The third kappa shape index (κ3) is 5.98. The molecule has 0 fully saturated rings. The molecule has 4 aromatic rings. The number of carbonyl (C=O) groups is 1. The van der Waals surface area contributed by atoms with Gasteiger partial charge in [-0.15, -0.1) is 0 Å². The monoisotopic (exact) mass is 444 g/mol. The second kappa shape index (κ2) is 10.5. The molecule has 0 saturated carbocycles. The first kappa shape index (κ1) is 22.1. The molecular weight excluding hydrogens is 420 g/mol. The Balaban J connectivity index is 1.29. The summed E-state index contributed by atoms with van der Waals surface area (Å²) < 4.78 is 17.3. The smallest absolute Gasteiger partial charge is 0.307 e. The molecule has 1 N–H and O–H groups in total. The van der Waals surface area contributed by atoms with Crippen LogP contribution in [-0.2, 0) is 24.2 Å². The van der Waals surface area contributed by atoms with Gasteiger partial charge in [0.15, 0.2) is 0 Å². The SMILES string of the molecule is Cc1oc(-c2ccccc2)nc1CCOc1ccc(COc2ccccc2CC(=O)O)cn1. The Labute approximate surface area is 191 Å². The molecule has 7 nitrogen and oxygen atoms in total. The van der Waals surface area contributed by atoms with Crippen LogP contribution in [0.3, 0.4) is 0 Å². The standard InChI is InChI=1S/C26H24N2O5/c1-18-22(28-26(33-18)20-7-3-2-4-8-20)13-14-31-24-12-11-19(16-27-24)17-32-23-10-6-5-9-21(23)15-25(29)30/h2-12,16H,13-15,17H2,1H3,(H,29,30). The van der Waals surface area contributed by atoms with Crippen LogP contribution in [0.2, 0.25) is 0 Å². The van der Waals surface area contributed by atoms with Gasteiger partial charge in [0.05, 0.1) is 18.7 Å². The largest absolute Gasteiger partial charge is 0.489 e. The van der Waals surface area contributed by atoms with E-state index >= 15 is 0 Å². The van der Waals surface area contributed by atoms with Crippen molar-refractivity contribution in [2.75, 3.05) is 6.61 Å². The minimum atomic E-state index is -0.897. The minimum absolute atomic E-state index is 0.0843. The zero-order valence-corrected chi connectivity index (χ0v) is 18.2. The van der Waals surface area contributed by atoms with E-state index in [0.717, 1.165) is 22.6 Å². The minimum Gasteiger partial charge on any atom is -0.489 e. The molecule has 2 heterocycles. The molecule has 2 aromatic carbocycles.